The van der Waals surface area contributed by atoms with Crippen LogP contribution in [0.2, 0.25) is 0 Å². The normalized spacial score (nSPS) is 15.1. The molecule has 1 heterocycles. The second-order valence-corrected chi connectivity index (χ2v) is 6.40. The zero-order valence-electron chi connectivity index (χ0n) is 13.7. The quantitative estimate of drug-likeness (QED) is 0.794. The van der Waals surface area contributed by atoms with Gasteiger partial charge in [-0.05, 0) is 38.6 Å². The van der Waals surface area contributed by atoms with E-state index in [2.05, 4.69) is 54.7 Å². The fourth-order valence-electron chi connectivity index (χ4n) is 2.75. The first kappa shape index (κ1) is 15.4. The Morgan fingerprint density at radius 3 is 2.65 bits per heavy atom. The first-order valence-corrected chi connectivity index (χ1v) is 8.04. The molecule has 4 nitrogen and oxygen atoms in total. The smallest absolute Gasteiger partial charge is 0.131 e. The van der Waals surface area contributed by atoms with Gasteiger partial charge in [-0.2, -0.15) is 5.10 Å². The van der Waals surface area contributed by atoms with Crippen molar-refractivity contribution >= 4 is 5.82 Å². The molecule has 1 aromatic rings. The van der Waals surface area contributed by atoms with Crippen molar-refractivity contribution in [3.8, 4) is 0 Å². The van der Waals surface area contributed by atoms with Crippen molar-refractivity contribution in [2.75, 3.05) is 18.0 Å². The number of hydrogen-bond acceptors (Lipinski definition) is 3. The number of hydrogen-bond donors (Lipinski definition) is 1. The molecule has 20 heavy (non-hydrogen) atoms. The van der Waals surface area contributed by atoms with E-state index in [0.29, 0.717) is 0 Å². The molecule has 0 aromatic carbocycles. The van der Waals surface area contributed by atoms with Crippen LogP contribution in [0.25, 0.3) is 0 Å². The van der Waals surface area contributed by atoms with Gasteiger partial charge in [0.25, 0.3) is 0 Å². The highest BCUT2D eigenvalue weighted by Gasteiger charge is 2.32. The second kappa shape index (κ2) is 6.61. The molecular weight excluding hydrogens is 248 g/mol. The van der Waals surface area contributed by atoms with Crippen LogP contribution in [0.1, 0.15) is 51.3 Å². The van der Waals surface area contributed by atoms with Crippen molar-refractivity contribution in [2.24, 2.45) is 13.0 Å². The number of rotatable bonds is 8. The predicted octanol–water partition coefficient (Wildman–Crippen LogP) is 2.85. The van der Waals surface area contributed by atoms with Crippen molar-refractivity contribution in [3.63, 3.8) is 0 Å². The fraction of sp³-hybridized carbons (Fsp3) is 0.812. The van der Waals surface area contributed by atoms with Crippen molar-refractivity contribution < 1.29 is 0 Å². The lowest BCUT2D eigenvalue weighted by Gasteiger charge is -2.27. The Morgan fingerprint density at radius 2 is 2.10 bits per heavy atom. The summed E-state index contributed by atoms with van der Waals surface area (Å²) in [7, 11) is 2.09. The van der Waals surface area contributed by atoms with E-state index in [1.165, 1.54) is 36.3 Å². The highest BCUT2D eigenvalue weighted by molar-refractivity contribution is 5.52. The summed E-state index contributed by atoms with van der Waals surface area (Å²) in [6.45, 7) is 12.0. The van der Waals surface area contributed by atoms with E-state index >= 15 is 0 Å². The maximum atomic E-state index is 4.66. The third-order valence-electron chi connectivity index (χ3n) is 4.07. The van der Waals surface area contributed by atoms with E-state index in [-0.39, 0.29) is 0 Å². The van der Waals surface area contributed by atoms with Crippen LogP contribution in [0.4, 0.5) is 5.82 Å². The third kappa shape index (κ3) is 3.54. The minimum atomic E-state index is 0.740. The lowest BCUT2D eigenvalue weighted by atomic mass is 10.1. The molecule has 0 saturated heterocycles. The average Bonchev–Trinajstić information content (AvgIpc) is 3.16. The van der Waals surface area contributed by atoms with Gasteiger partial charge in [0.1, 0.15) is 5.82 Å². The monoisotopic (exact) mass is 278 g/mol. The van der Waals surface area contributed by atoms with E-state index in [0.717, 1.165) is 31.6 Å². The van der Waals surface area contributed by atoms with Gasteiger partial charge < -0.3 is 10.2 Å². The Morgan fingerprint density at radius 1 is 1.40 bits per heavy atom. The lowest BCUT2D eigenvalue weighted by molar-refractivity contribution is 0.560. The zero-order chi connectivity index (χ0) is 14.7. The molecule has 1 aliphatic carbocycles. The largest absolute Gasteiger partial charge is 0.354 e. The van der Waals surface area contributed by atoms with E-state index in [1.54, 1.807) is 0 Å². The third-order valence-corrected chi connectivity index (χ3v) is 4.07. The van der Waals surface area contributed by atoms with Crippen LogP contribution < -0.4 is 10.2 Å². The van der Waals surface area contributed by atoms with Gasteiger partial charge in [0, 0.05) is 31.7 Å². The van der Waals surface area contributed by atoms with Gasteiger partial charge in [0.2, 0.25) is 0 Å². The molecule has 114 valence electrons. The molecule has 1 saturated carbocycles. The second-order valence-electron chi connectivity index (χ2n) is 6.40. The molecule has 0 radical (unpaired) electrons. The summed E-state index contributed by atoms with van der Waals surface area (Å²) < 4.78 is 2.08. The number of nitrogens with zero attached hydrogens (tertiary/aromatic N) is 3. The summed E-state index contributed by atoms with van der Waals surface area (Å²) >= 11 is 0. The van der Waals surface area contributed by atoms with Crippen LogP contribution in [0, 0.1) is 12.8 Å². The van der Waals surface area contributed by atoms with Gasteiger partial charge in [-0.25, -0.2) is 0 Å². The van der Waals surface area contributed by atoms with Crippen LogP contribution in [-0.4, -0.2) is 28.9 Å². The van der Waals surface area contributed by atoms with Crippen molar-refractivity contribution in [2.45, 2.75) is 59.5 Å². The molecule has 4 heteroatoms. The van der Waals surface area contributed by atoms with Crippen molar-refractivity contribution in [3.05, 3.63) is 11.3 Å². The SMILES string of the molecule is CCNCc1c(C)nn(C)c1N(CCC(C)C)C1CC1. The average molecular weight is 278 g/mol. The molecule has 1 aromatic heterocycles. The van der Waals surface area contributed by atoms with Crippen molar-refractivity contribution in [1.82, 2.24) is 15.1 Å². The van der Waals surface area contributed by atoms with Gasteiger partial charge in [-0.3, -0.25) is 4.68 Å². The number of aryl methyl sites for hydroxylation is 2. The number of nitrogens with one attached hydrogen (secondary N) is 1. The summed E-state index contributed by atoms with van der Waals surface area (Å²) in [5.41, 5.74) is 2.55. The summed E-state index contributed by atoms with van der Waals surface area (Å²) in [6.07, 6.45) is 3.92. The lowest BCUT2D eigenvalue weighted by Crippen LogP contribution is -2.31. The highest BCUT2D eigenvalue weighted by atomic mass is 15.4. The standard InChI is InChI=1S/C16H30N4/c1-6-17-11-15-13(4)18-19(5)16(15)20(14-7-8-14)10-9-12(2)3/h12,14,17H,6-11H2,1-5H3. The van der Waals surface area contributed by atoms with Crippen LogP contribution >= 0.6 is 0 Å². The van der Waals surface area contributed by atoms with E-state index in [1.807, 2.05) is 0 Å². The number of aromatic nitrogens is 2. The van der Waals surface area contributed by atoms with E-state index in [4.69, 9.17) is 0 Å². The molecule has 0 amide bonds. The fourth-order valence-corrected chi connectivity index (χ4v) is 2.75. The number of anilines is 1. The molecule has 1 N–H and O–H groups in total. The molecule has 1 aliphatic rings. The predicted molar refractivity (Wildman–Crippen MR) is 85.1 cm³/mol. The summed E-state index contributed by atoms with van der Waals surface area (Å²) in [4.78, 5) is 2.60. The Balaban J connectivity index is 2.22. The maximum Gasteiger partial charge on any atom is 0.131 e. The van der Waals surface area contributed by atoms with Crippen molar-refractivity contribution in [1.29, 1.82) is 0 Å². The van der Waals surface area contributed by atoms with Crippen LogP contribution in [0.5, 0.6) is 0 Å². The molecule has 0 aliphatic heterocycles. The minimum Gasteiger partial charge on any atom is -0.354 e. The Hall–Kier alpha value is -1.03. The Bertz CT molecular complexity index is 432. The maximum absolute atomic E-state index is 4.66. The van der Waals surface area contributed by atoms with E-state index in [9.17, 15) is 0 Å². The van der Waals surface area contributed by atoms with Gasteiger partial charge in [-0.15, -0.1) is 0 Å². The van der Waals surface area contributed by atoms with Gasteiger partial charge in [0.05, 0.1) is 5.69 Å². The highest BCUT2D eigenvalue weighted by Crippen LogP contribution is 2.34. The van der Waals surface area contributed by atoms with Crippen LogP contribution in [0.3, 0.4) is 0 Å². The zero-order valence-corrected chi connectivity index (χ0v) is 13.7. The van der Waals surface area contributed by atoms with Crippen LogP contribution in [-0.2, 0) is 13.6 Å². The summed E-state index contributed by atoms with van der Waals surface area (Å²) in [6, 6.07) is 0.740. The molecule has 0 spiro atoms. The Labute approximate surface area is 123 Å². The molecular formula is C16H30N4. The van der Waals surface area contributed by atoms with Gasteiger partial charge in [0.15, 0.2) is 0 Å². The van der Waals surface area contributed by atoms with Gasteiger partial charge >= 0.3 is 0 Å². The summed E-state index contributed by atoms with van der Waals surface area (Å²) in [5.74, 6) is 2.09. The van der Waals surface area contributed by atoms with Gasteiger partial charge in [-0.1, -0.05) is 20.8 Å². The van der Waals surface area contributed by atoms with E-state index < -0.39 is 0 Å². The molecule has 0 bridgehead atoms. The molecule has 0 atom stereocenters. The topological polar surface area (TPSA) is 33.1 Å². The Kier molecular flexibility index (Phi) is 5.08. The molecule has 0 unspecified atom stereocenters. The minimum absolute atomic E-state index is 0.740. The first-order valence-electron chi connectivity index (χ1n) is 8.04. The molecule has 1 fully saturated rings. The van der Waals surface area contributed by atoms with Crippen LogP contribution in [0.15, 0.2) is 0 Å². The molecule has 2 rings (SSSR count). The summed E-state index contributed by atoms with van der Waals surface area (Å²) in [5, 5.41) is 8.12. The first-order chi connectivity index (χ1) is 9.54.